The molecule has 1 aromatic carbocycles. The lowest BCUT2D eigenvalue weighted by Crippen LogP contribution is -1.93. The smallest absolute Gasteiger partial charge is 0.225 e. The van der Waals surface area contributed by atoms with Gasteiger partial charge in [-0.3, -0.25) is 0 Å². The summed E-state index contributed by atoms with van der Waals surface area (Å²) >= 11 is 0. The van der Waals surface area contributed by atoms with Gasteiger partial charge < -0.3 is 9.78 Å². The normalized spacial score (nSPS) is 11.4. The number of Topliss-reactive ketones (excluding diaryl/α,β-unsaturated/α-hetero) is 1. The molecule has 23 heavy (non-hydrogen) atoms. The molecule has 2 aromatic heterocycles. The molecule has 0 aliphatic carbocycles. The molecule has 5 heteroatoms. The first-order valence-electron chi connectivity index (χ1n) is 7.16. The lowest BCUT2D eigenvalue weighted by atomic mass is 10.1. The van der Waals surface area contributed by atoms with E-state index in [0.717, 1.165) is 22.3 Å². The molecule has 0 spiro atoms. The van der Waals surface area contributed by atoms with Gasteiger partial charge in [0.05, 0.1) is 18.5 Å². The number of fused-ring (bicyclic) bond motifs is 1. The Kier molecular flexibility index (Phi) is 3.98. The maximum Gasteiger partial charge on any atom is 0.225 e. The molecule has 112 valence electrons. The summed E-state index contributed by atoms with van der Waals surface area (Å²) in [5.74, 6) is -0.226. The van der Waals surface area contributed by atoms with E-state index in [2.05, 4.69) is 19.8 Å². The molecule has 1 N–H and O–H groups in total. The highest BCUT2D eigenvalue weighted by Crippen LogP contribution is 2.21. The molecule has 3 rings (SSSR count). The van der Waals surface area contributed by atoms with Crippen molar-refractivity contribution in [2.75, 3.05) is 0 Å². The van der Waals surface area contributed by atoms with E-state index in [0.29, 0.717) is 12.1 Å². The van der Waals surface area contributed by atoms with Crippen LogP contribution in [0.2, 0.25) is 0 Å². The number of aromatic amines is 1. The number of nitrogens with zero attached hydrogens (tertiary/aromatic N) is 3. The van der Waals surface area contributed by atoms with Gasteiger partial charge in [-0.2, -0.15) is 0 Å². The van der Waals surface area contributed by atoms with E-state index in [9.17, 15) is 4.79 Å². The fourth-order valence-electron chi connectivity index (χ4n) is 2.32. The zero-order chi connectivity index (χ0) is 16.2. The van der Waals surface area contributed by atoms with Gasteiger partial charge in [-0.15, -0.1) is 0 Å². The fourth-order valence-corrected chi connectivity index (χ4v) is 2.32. The topological polar surface area (TPSA) is 63.0 Å². The Labute approximate surface area is 133 Å². The first-order chi connectivity index (χ1) is 11.2. The van der Waals surface area contributed by atoms with Crippen LogP contribution in [0.1, 0.15) is 12.5 Å². The lowest BCUT2D eigenvalue weighted by Gasteiger charge is -2.01. The highest BCUT2D eigenvalue weighted by Gasteiger charge is 2.09. The molecular weight excluding hydrogens is 288 g/mol. The quantitative estimate of drug-likeness (QED) is 0.592. The van der Waals surface area contributed by atoms with Crippen molar-refractivity contribution in [1.82, 2.24) is 15.0 Å². The third kappa shape index (κ3) is 3.01. The standard InChI is InChI=1S/C18H14N4O/c1-12(23)15(19-2)9-8-14-10-20-18-17(14)22-16(11-21-18)13-6-4-3-5-7-13/h3-7,9-11H,8H2,1H3,(H,20,21)/b15-9-. The van der Waals surface area contributed by atoms with Crippen LogP contribution in [0.3, 0.4) is 0 Å². The Balaban J connectivity index is 2.00. The number of nitrogens with one attached hydrogen (secondary N) is 1. The highest BCUT2D eigenvalue weighted by atomic mass is 16.1. The van der Waals surface area contributed by atoms with E-state index < -0.39 is 0 Å². The third-order valence-corrected chi connectivity index (χ3v) is 3.53. The van der Waals surface area contributed by atoms with Gasteiger partial charge in [0, 0.05) is 17.3 Å². The van der Waals surface area contributed by atoms with Gasteiger partial charge in [0.15, 0.2) is 11.4 Å². The van der Waals surface area contributed by atoms with Crippen molar-refractivity contribution in [1.29, 1.82) is 0 Å². The lowest BCUT2D eigenvalue weighted by molar-refractivity contribution is -0.113. The summed E-state index contributed by atoms with van der Waals surface area (Å²) in [7, 11) is 0. The number of carbonyl (C=O) groups is 1. The van der Waals surface area contributed by atoms with Gasteiger partial charge >= 0.3 is 0 Å². The molecule has 0 saturated heterocycles. The van der Waals surface area contributed by atoms with Crippen LogP contribution in [0.5, 0.6) is 0 Å². The third-order valence-electron chi connectivity index (χ3n) is 3.53. The van der Waals surface area contributed by atoms with E-state index in [1.54, 1.807) is 12.3 Å². The van der Waals surface area contributed by atoms with Gasteiger partial charge in [-0.1, -0.05) is 36.4 Å². The zero-order valence-electron chi connectivity index (χ0n) is 12.6. The van der Waals surface area contributed by atoms with E-state index >= 15 is 0 Å². The number of H-pyrrole nitrogens is 1. The molecule has 3 aromatic rings. The van der Waals surface area contributed by atoms with Crippen molar-refractivity contribution in [2.45, 2.75) is 13.3 Å². The Morgan fingerprint density at radius 3 is 2.83 bits per heavy atom. The average molecular weight is 302 g/mol. The zero-order valence-corrected chi connectivity index (χ0v) is 12.6. The Hall–Kier alpha value is -3.26. The summed E-state index contributed by atoms with van der Waals surface area (Å²) in [5, 5.41) is 0. The summed E-state index contributed by atoms with van der Waals surface area (Å²) in [6.07, 6.45) is 5.64. The Bertz CT molecular complexity index is 933. The van der Waals surface area contributed by atoms with Gasteiger partial charge in [-0.05, 0) is 13.3 Å². The average Bonchev–Trinajstić information content (AvgIpc) is 2.98. The number of ketones is 1. The van der Waals surface area contributed by atoms with Crippen LogP contribution in [0, 0.1) is 6.57 Å². The molecule has 0 atom stereocenters. The summed E-state index contributed by atoms with van der Waals surface area (Å²) in [5.41, 5.74) is 4.30. The van der Waals surface area contributed by atoms with Crippen molar-refractivity contribution in [3.63, 3.8) is 0 Å². The number of benzene rings is 1. The van der Waals surface area contributed by atoms with E-state index in [-0.39, 0.29) is 11.5 Å². The van der Waals surface area contributed by atoms with Gasteiger partial charge in [-0.25, -0.2) is 14.8 Å². The molecule has 2 heterocycles. The minimum absolute atomic E-state index is 0.145. The van der Waals surface area contributed by atoms with Gasteiger partial charge in [0.1, 0.15) is 5.52 Å². The number of allylic oxidation sites excluding steroid dienone is 2. The summed E-state index contributed by atoms with van der Waals surface area (Å²) in [6.45, 7) is 8.42. The number of rotatable bonds is 4. The number of hydrogen-bond donors (Lipinski definition) is 1. The van der Waals surface area contributed by atoms with Gasteiger partial charge in [0.2, 0.25) is 5.70 Å². The molecule has 0 aliphatic heterocycles. The van der Waals surface area contributed by atoms with Crippen LogP contribution < -0.4 is 0 Å². The van der Waals surface area contributed by atoms with Crippen LogP contribution in [-0.4, -0.2) is 20.7 Å². The van der Waals surface area contributed by atoms with E-state index in [4.69, 9.17) is 6.57 Å². The SMILES string of the molecule is [C-]#[N+]/C(=C\Cc1c[nH]c2ncc(-c3ccccc3)nc12)C(C)=O. The van der Waals surface area contributed by atoms with Crippen LogP contribution in [0.15, 0.2) is 54.5 Å². The molecular formula is C18H14N4O. The monoisotopic (exact) mass is 302 g/mol. The molecule has 0 aliphatic rings. The van der Waals surface area contributed by atoms with E-state index in [1.807, 2.05) is 36.5 Å². The Morgan fingerprint density at radius 2 is 2.13 bits per heavy atom. The second kappa shape index (κ2) is 6.24. The minimum Gasteiger partial charge on any atom is -0.345 e. The van der Waals surface area contributed by atoms with Crippen molar-refractivity contribution >= 4 is 16.9 Å². The van der Waals surface area contributed by atoms with Crippen molar-refractivity contribution < 1.29 is 4.79 Å². The second-order valence-electron chi connectivity index (χ2n) is 5.09. The molecule has 0 amide bonds. The molecule has 5 nitrogen and oxygen atoms in total. The summed E-state index contributed by atoms with van der Waals surface area (Å²) in [4.78, 5) is 26.7. The molecule has 0 unspecified atom stereocenters. The largest absolute Gasteiger partial charge is 0.345 e. The predicted octanol–water partition coefficient (Wildman–Crippen LogP) is 3.56. The minimum atomic E-state index is -0.226. The van der Waals surface area contributed by atoms with Crippen molar-refractivity contribution in [3.05, 3.63) is 71.5 Å². The van der Waals surface area contributed by atoms with Crippen molar-refractivity contribution in [2.24, 2.45) is 0 Å². The predicted molar refractivity (Wildman–Crippen MR) is 88.4 cm³/mol. The maximum atomic E-state index is 11.3. The summed E-state index contributed by atoms with van der Waals surface area (Å²) in [6, 6.07) is 9.83. The highest BCUT2D eigenvalue weighted by molar-refractivity contribution is 5.95. The van der Waals surface area contributed by atoms with Crippen LogP contribution in [0.25, 0.3) is 27.3 Å². The molecule has 0 bridgehead atoms. The molecule has 0 saturated carbocycles. The Morgan fingerprint density at radius 1 is 1.35 bits per heavy atom. The fraction of sp³-hybridized carbons (Fsp3) is 0.111. The summed E-state index contributed by atoms with van der Waals surface area (Å²) < 4.78 is 0. The second-order valence-corrected chi connectivity index (χ2v) is 5.09. The number of aromatic nitrogens is 3. The van der Waals surface area contributed by atoms with Crippen LogP contribution in [0.4, 0.5) is 0 Å². The van der Waals surface area contributed by atoms with Crippen LogP contribution >= 0.6 is 0 Å². The first-order valence-corrected chi connectivity index (χ1v) is 7.16. The number of carbonyl (C=O) groups excluding carboxylic acids is 1. The molecule has 0 fully saturated rings. The van der Waals surface area contributed by atoms with Crippen molar-refractivity contribution in [3.8, 4) is 11.3 Å². The first kappa shape index (κ1) is 14.7. The van der Waals surface area contributed by atoms with Gasteiger partial charge in [0.25, 0.3) is 0 Å². The maximum absolute atomic E-state index is 11.3. The number of hydrogen-bond acceptors (Lipinski definition) is 3. The molecule has 0 radical (unpaired) electrons. The van der Waals surface area contributed by atoms with E-state index in [1.165, 1.54) is 6.92 Å². The van der Waals surface area contributed by atoms with Crippen LogP contribution in [-0.2, 0) is 11.2 Å².